The molecule has 1 N–H and O–H groups in total. The predicted molar refractivity (Wildman–Crippen MR) is 82.3 cm³/mol. The molecule has 1 atom stereocenters. The van der Waals surface area contributed by atoms with Gasteiger partial charge in [-0.05, 0) is 56.8 Å². The van der Waals surface area contributed by atoms with Crippen LogP contribution in [0.3, 0.4) is 0 Å². The lowest BCUT2D eigenvalue weighted by Crippen LogP contribution is -2.41. The Bertz CT molecular complexity index is 445. The van der Waals surface area contributed by atoms with E-state index in [0.29, 0.717) is 38.8 Å². The maximum Gasteiger partial charge on any atom is 0.391 e. The van der Waals surface area contributed by atoms with E-state index < -0.39 is 18.1 Å². The van der Waals surface area contributed by atoms with E-state index >= 15 is 0 Å². The zero-order valence-corrected chi connectivity index (χ0v) is 13.9. The predicted octanol–water partition coefficient (Wildman–Crippen LogP) is 3.85. The number of carbonyl (C=O) groups excluding carboxylic acids is 1. The van der Waals surface area contributed by atoms with E-state index in [1.807, 2.05) is 0 Å². The summed E-state index contributed by atoms with van der Waals surface area (Å²) in [5.41, 5.74) is 0. The molecule has 2 rings (SSSR count). The fourth-order valence-electron chi connectivity index (χ4n) is 3.92. The van der Waals surface area contributed by atoms with Crippen LogP contribution in [0.4, 0.5) is 13.2 Å². The third-order valence-electron chi connectivity index (χ3n) is 5.41. The van der Waals surface area contributed by atoms with Crippen molar-refractivity contribution < 1.29 is 27.9 Å². The van der Waals surface area contributed by atoms with Crippen molar-refractivity contribution in [1.29, 1.82) is 0 Å². The number of nitrogens with zero attached hydrogens (tertiary/aromatic N) is 1. The Hall–Kier alpha value is -1.27. The largest absolute Gasteiger partial charge is 0.481 e. The Labute approximate surface area is 140 Å². The summed E-state index contributed by atoms with van der Waals surface area (Å²) in [4.78, 5) is 24.9. The first kappa shape index (κ1) is 19.1. The summed E-state index contributed by atoms with van der Waals surface area (Å²) >= 11 is 0. The Kier molecular flexibility index (Phi) is 6.52. The zero-order chi connectivity index (χ0) is 17.7. The van der Waals surface area contributed by atoms with Crippen molar-refractivity contribution in [3.8, 4) is 0 Å². The van der Waals surface area contributed by atoms with E-state index in [1.165, 1.54) is 0 Å². The van der Waals surface area contributed by atoms with Crippen LogP contribution in [0, 0.1) is 17.8 Å². The number of aliphatic carboxylic acids is 1. The van der Waals surface area contributed by atoms with Crippen LogP contribution in [-0.4, -0.2) is 41.1 Å². The minimum Gasteiger partial charge on any atom is -0.481 e. The van der Waals surface area contributed by atoms with E-state index in [9.17, 15) is 22.8 Å². The van der Waals surface area contributed by atoms with Crippen molar-refractivity contribution in [2.24, 2.45) is 17.8 Å². The van der Waals surface area contributed by atoms with Crippen molar-refractivity contribution >= 4 is 11.9 Å². The molecule has 1 saturated carbocycles. The smallest absolute Gasteiger partial charge is 0.391 e. The van der Waals surface area contributed by atoms with Crippen molar-refractivity contribution in [3.05, 3.63) is 0 Å². The van der Waals surface area contributed by atoms with Crippen LogP contribution in [0.2, 0.25) is 0 Å². The van der Waals surface area contributed by atoms with Gasteiger partial charge in [-0.15, -0.1) is 0 Å². The highest BCUT2D eigenvalue weighted by Crippen LogP contribution is 2.40. The molecular formula is C17H26F3NO3. The molecule has 0 aromatic carbocycles. The number of amides is 1. The van der Waals surface area contributed by atoms with Gasteiger partial charge in [-0.2, -0.15) is 13.2 Å². The van der Waals surface area contributed by atoms with Crippen LogP contribution in [0.1, 0.15) is 57.8 Å². The van der Waals surface area contributed by atoms with E-state index in [0.717, 1.165) is 12.8 Å². The second-order valence-corrected chi connectivity index (χ2v) is 7.24. The molecule has 1 unspecified atom stereocenters. The summed E-state index contributed by atoms with van der Waals surface area (Å²) in [6, 6.07) is 0. The summed E-state index contributed by atoms with van der Waals surface area (Å²) in [6.07, 6.45) is -0.0895. The molecule has 2 fully saturated rings. The van der Waals surface area contributed by atoms with Gasteiger partial charge in [-0.3, -0.25) is 9.59 Å². The topological polar surface area (TPSA) is 57.6 Å². The average Bonchev–Trinajstić information content (AvgIpc) is 2.53. The first-order valence-corrected chi connectivity index (χ1v) is 8.82. The second-order valence-electron chi connectivity index (χ2n) is 7.24. The third kappa shape index (κ3) is 5.67. The molecular weight excluding hydrogens is 323 g/mol. The number of carboxylic acids is 1. The standard InChI is InChI=1S/C17H26F3NO3/c18-17(19,20)14-6-3-12(4-7-14)10-15(22)21-9-1-2-13(11-21)5-8-16(23)24/h12-14H,1-11H2,(H,23,24). The van der Waals surface area contributed by atoms with Crippen LogP contribution in [0.5, 0.6) is 0 Å². The van der Waals surface area contributed by atoms with Gasteiger partial charge in [0.05, 0.1) is 5.92 Å². The van der Waals surface area contributed by atoms with Gasteiger partial charge in [0.15, 0.2) is 0 Å². The molecule has 1 aliphatic heterocycles. The average molecular weight is 349 g/mol. The lowest BCUT2D eigenvalue weighted by Gasteiger charge is -2.35. The number of hydrogen-bond donors (Lipinski definition) is 1. The normalized spacial score (nSPS) is 28.6. The first-order chi connectivity index (χ1) is 11.3. The molecule has 24 heavy (non-hydrogen) atoms. The molecule has 0 aromatic rings. The molecule has 1 heterocycles. The van der Waals surface area contributed by atoms with Gasteiger partial charge in [0.25, 0.3) is 0 Å². The van der Waals surface area contributed by atoms with E-state index in [-0.39, 0.29) is 37.0 Å². The third-order valence-corrected chi connectivity index (χ3v) is 5.41. The summed E-state index contributed by atoms with van der Waals surface area (Å²) < 4.78 is 38.0. The van der Waals surface area contributed by atoms with Gasteiger partial charge >= 0.3 is 12.1 Å². The molecule has 1 aliphatic carbocycles. The van der Waals surface area contributed by atoms with Gasteiger partial charge < -0.3 is 10.0 Å². The lowest BCUT2D eigenvalue weighted by atomic mass is 9.80. The quantitative estimate of drug-likeness (QED) is 0.820. The number of hydrogen-bond acceptors (Lipinski definition) is 2. The Morgan fingerprint density at radius 2 is 1.71 bits per heavy atom. The van der Waals surface area contributed by atoms with Crippen LogP contribution < -0.4 is 0 Å². The number of halogens is 3. The summed E-state index contributed by atoms with van der Waals surface area (Å²) in [7, 11) is 0. The maximum atomic E-state index is 12.7. The number of carbonyl (C=O) groups is 2. The number of carboxylic acid groups (broad SMARTS) is 1. The maximum absolute atomic E-state index is 12.7. The van der Waals surface area contributed by atoms with Crippen molar-refractivity contribution in [3.63, 3.8) is 0 Å². The fourth-order valence-corrected chi connectivity index (χ4v) is 3.92. The molecule has 2 aliphatic rings. The van der Waals surface area contributed by atoms with E-state index in [4.69, 9.17) is 5.11 Å². The Balaban J connectivity index is 1.75. The van der Waals surface area contributed by atoms with Crippen LogP contribution in [-0.2, 0) is 9.59 Å². The van der Waals surface area contributed by atoms with Crippen molar-refractivity contribution in [1.82, 2.24) is 4.90 Å². The summed E-state index contributed by atoms with van der Waals surface area (Å²) in [6.45, 7) is 1.27. The SMILES string of the molecule is O=C(O)CCC1CCCN(C(=O)CC2CCC(C(F)(F)F)CC2)C1. The van der Waals surface area contributed by atoms with E-state index in [1.54, 1.807) is 4.90 Å². The van der Waals surface area contributed by atoms with Crippen molar-refractivity contribution in [2.75, 3.05) is 13.1 Å². The van der Waals surface area contributed by atoms with Gasteiger partial charge in [0.2, 0.25) is 5.91 Å². The molecule has 0 spiro atoms. The van der Waals surface area contributed by atoms with Crippen LogP contribution in [0.25, 0.3) is 0 Å². The van der Waals surface area contributed by atoms with Gasteiger partial charge in [0, 0.05) is 25.9 Å². The lowest BCUT2D eigenvalue weighted by molar-refractivity contribution is -0.184. The highest BCUT2D eigenvalue weighted by Gasteiger charge is 2.41. The molecule has 4 nitrogen and oxygen atoms in total. The molecule has 0 radical (unpaired) electrons. The summed E-state index contributed by atoms with van der Waals surface area (Å²) in [5, 5.41) is 8.75. The second kappa shape index (κ2) is 8.21. The molecule has 0 aromatic heterocycles. The molecule has 0 bridgehead atoms. The molecule has 7 heteroatoms. The molecule has 1 amide bonds. The highest BCUT2D eigenvalue weighted by atomic mass is 19.4. The van der Waals surface area contributed by atoms with Crippen LogP contribution >= 0.6 is 0 Å². The van der Waals surface area contributed by atoms with Gasteiger partial charge in [-0.25, -0.2) is 0 Å². The van der Waals surface area contributed by atoms with Crippen LogP contribution in [0.15, 0.2) is 0 Å². The van der Waals surface area contributed by atoms with E-state index in [2.05, 4.69) is 0 Å². The minimum atomic E-state index is -4.11. The monoisotopic (exact) mass is 349 g/mol. The summed E-state index contributed by atoms with van der Waals surface area (Å²) in [5.74, 6) is -1.74. The van der Waals surface area contributed by atoms with Crippen molar-refractivity contribution in [2.45, 2.75) is 64.0 Å². The van der Waals surface area contributed by atoms with Gasteiger partial charge in [-0.1, -0.05) is 0 Å². The fraction of sp³-hybridized carbons (Fsp3) is 0.882. The Morgan fingerprint density at radius 1 is 1.04 bits per heavy atom. The first-order valence-electron chi connectivity index (χ1n) is 8.82. The van der Waals surface area contributed by atoms with Gasteiger partial charge in [0.1, 0.15) is 0 Å². The number of likely N-dealkylation sites (tertiary alicyclic amines) is 1. The highest BCUT2D eigenvalue weighted by molar-refractivity contribution is 5.76. The molecule has 1 saturated heterocycles. The number of alkyl halides is 3. The zero-order valence-electron chi connectivity index (χ0n) is 13.9. The number of rotatable bonds is 5. The Morgan fingerprint density at radius 3 is 2.29 bits per heavy atom. The minimum absolute atomic E-state index is 0.0190. The number of piperidine rings is 1. The molecule has 138 valence electrons.